The lowest BCUT2D eigenvalue weighted by Crippen LogP contribution is -2.35. The van der Waals surface area contributed by atoms with E-state index in [1.165, 1.54) is 7.11 Å². The Morgan fingerprint density at radius 1 is 1.15 bits per heavy atom. The Kier molecular flexibility index (Phi) is 5.45. The molecule has 2 aromatic carbocycles. The van der Waals surface area contributed by atoms with Gasteiger partial charge >= 0.3 is 5.97 Å². The Bertz CT molecular complexity index is 1410. The van der Waals surface area contributed by atoms with Crippen LogP contribution in [-0.2, 0) is 16.1 Å². The summed E-state index contributed by atoms with van der Waals surface area (Å²) in [6, 6.07) is 14.2. The van der Waals surface area contributed by atoms with Gasteiger partial charge in [0.05, 0.1) is 25.1 Å². The number of hydrogen-bond donors (Lipinski definition) is 1. The number of aryl methyl sites for hydroxylation is 1. The third kappa shape index (κ3) is 3.66. The minimum atomic E-state index is -0.814. The second kappa shape index (κ2) is 8.46. The number of carbonyl (C=O) groups excluding carboxylic acids is 1. The maximum atomic E-state index is 13.9. The van der Waals surface area contributed by atoms with Gasteiger partial charge < -0.3 is 29.2 Å². The van der Waals surface area contributed by atoms with Crippen molar-refractivity contribution >= 4 is 17.6 Å². The molecule has 174 valence electrons. The van der Waals surface area contributed by atoms with Gasteiger partial charge in [0.15, 0.2) is 11.5 Å². The molecular weight excluding hydrogens is 460 g/mol. The van der Waals surface area contributed by atoms with Crippen LogP contribution in [0.15, 0.2) is 64.8 Å². The zero-order valence-electron chi connectivity index (χ0n) is 18.5. The number of esters is 1. The molecule has 2 N–H and O–H groups in total. The molecule has 1 atom stereocenters. The van der Waals surface area contributed by atoms with Crippen molar-refractivity contribution in [3.63, 3.8) is 0 Å². The zero-order valence-corrected chi connectivity index (χ0v) is 19.2. The number of nitrogens with two attached hydrogens (primary N) is 1. The standard InChI is InChI=1S/C25H21ClN2O6/c1-13-8-19-21(24(29)28(13)11-14-6-7-17-18(9-14)33-12-32-17)20(15-4-3-5-16(26)10-15)22(23(27)34-19)25(30)31-2/h3-10,20H,11-12,27H2,1-2H3/t20-/m1/s1. The molecule has 3 heterocycles. The van der Waals surface area contributed by atoms with Crippen molar-refractivity contribution in [2.75, 3.05) is 13.9 Å². The molecule has 0 bridgehead atoms. The number of aromatic nitrogens is 1. The lowest BCUT2D eigenvalue weighted by atomic mass is 9.83. The topological polar surface area (TPSA) is 102 Å². The minimum Gasteiger partial charge on any atom is -0.465 e. The van der Waals surface area contributed by atoms with Crippen molar-refractivity contribution in [2.45, 2.75) is 19.4 Å². The number of pyridine rings is 1. The van der Waals surface area contributed by atoms with Gasteiger partial charge in [-0.2, -0.15) is 0 Å². The number of halogens is 1. The largest absolute Gasteiger partial charge is 0.465 e. The lowest BCUT2D eigenvalue weighted by molar-refractivity contribution is -0.136. The van der Waals surface area contributed by atoms with Crippen LogP contribution in [0.3, 0.4) is 0 Å². The van der Waals surface area contributed by atoms with Crippen LogP contribution in [-0.4, -0.2) is 24.4 Å². The molecule has 0 fully saturated rings. The summed E-state index contributed by atoms with van der Waals surface area (Å²) in [5.41, 5.74) is 8.30. The summed E-state index contributed by atoms with van der Waals surface area (Å²) in [4.78, 5) is 26.6. The second-order valence-electron chi connectivity index (χ2n) is 8.00. The van der Waals surface area contributed by atoms with Crippen LogP contribution in [0, 0.1) is 6.92 Å². The van der Waals surface area contributed by atoms with Crippen LogP contribution >= 0.6 is 11.6 Å². The van der Waals surface area contributed by atoms with E-state index in [1.807, 2.05) is 25.1 Å². The van der Waals surface area contributed by atoms with Gasteiger partial charge in [-0.1, -0.05) is 29.8 Å². The van der Waals surface area contributed by atoms with Crippen LogP contribution in [0.25, 0.3) is 0 Å². The fourth-order valence-corrected chi connectivity index (χ4v) is 4.53. The molecule has 9 heteroatoms. The zero-order chi connectivity index (χ0) is 24.0. The smallest absolute Gasteiger partial charge is 0.340 e. The van der Waals surface area contributed by atoms with Crippen molar-refractivity contribution < 1.29 is 23.7 Å². The molecule has 2 aliphatic heterocycles. The molecule has 1 aromatic heterocycles. The van der Waals surface area contributed by atoms with Gasteiger partial charge in [-0.15, -0.1) is 0 Å². The number of ether oxygens (including phenoxy) is 4. The van der Waals surface area contributed by atoms with Crippen LogP contribution in [0.5, 0.6) is 17.2 Å². The quantitative estimate of drug-likeness (QED) is 0.570. The van der Waals surface area contributed by atoms with Crippen LogP contribution in [0.4, 0.5) is 0 Å². The monoisotopic (exact) mass is 480 g/mol. The summed E-state index contributed by atoms with van der Waals surface area (Å²) < 4.78 is 23.2. The van der Waals surface area contributed by atoms with Crippen molar-refractivity contribution in [3.05, 3.63) is 97.7 Å². The van der Waals surface area contributed by atoms with E-state index in [1.54, 1.807) is 34.9 Å². The van der Waals surface area contributed by atoms with Gasteiger partial charge in [0, 0.05) is 16.8 Å². The average Bonchev–Trinajstić information content (AvgIpc) is 3.28. The molecule has 5 rings (SSSR count). The first-order chi connectivity index (χ1) is 16.4. The number of rotatable bonds is 4. The molecule has 0 saturated carbocycles. The van der Waals surface area contributed by atoms with Gasteiger partial charge in [-0.05, 0) is 42.3 Å². The predicted molar refractivity (Wildman–Crippen MR) is 124 cm³/mol. The van der Waals surface area contributed by atoms with E-state index < -0.39 is 11.9 Å². The van der Waals surface area contributed by atoms with Gasteiger partial charge in [-0.25, -0.2) is 4.79 Å². The highest BCUT2D eigenvalue weighted by Gasteiger charge is 2.38. The predicted octanol–water partition coefficient (Wildman–Crippen LogP) is 3.45. The summed E-state index contributed by atoms with van der Waals surface area (Å²) in [6.07, 6.45) is 0. The maximum absolute atomic E-state index is 13.9. The molecule has 0 unspecified atom stereocenters. The van der Waals surface area contributed by atoms with Crippen molar-refractivity contribution in [1.29, 1.82) is 0 Å². The number of nitrogens with zero attached hydrogens (tertiary/aromatic N) is 1. The van der Waals surface area contributed by atoms with E-state index in [4.69, 9.17) is 36.3 Å². The second-order valence-corrected chi connectivity index (χ2v) is 8.44. The third-order valence-electron chi connectivity index (χ3n) is 5.93. The highest BCUT2D eigenvalue weighted by Crippen LogP contribution is 2.42. The highest BCUT2D eigenvalue weighted by molar-refractivity contribution is 6.30. The van der Waals surface area contributed by atoms with Crippen molar-refractivity contribution in [3.8, 4) is 17.2 Å². The molecule has 0 saturated heterocycles. The van der Waals surface area contributed by atoms with Crippen molar-refractivity contribution in [1.82, 2.24) is 4.57 Å². The fraction of sp³-hybridized carbons (Fsp3) is 0.200. The third-order valence-corrected chi connectivity index (χ3v) is 6.17. The molecule has 0 aliphatic carbocycles. The Labute approximate surface area is 200 Å². The molecule has 3 aromatic rings. The highest BCUT2D eigenvalue weighted by atomic mass is 35.5. The fourth-order valence-electron chi connectivity index (χ4n) is 4.33. The Hall–Kier alpha value is -3.91. The number of methoxy groups -OCH3 is 1. The molecular formula is C25H21ClN2O6. The van der Waals surface area contributed by atoms with Gasteiger partial charge in [0.2, 0.25) is 12.7 Å². The lowest BCUT2D eigenvalue weighted by Gasteiger charge is -2.29. The van der Waals surface area contributed by atoms with Crippen molar-refractivity contribution in [2.24, 2.45) is 5.73 Å². The summed E-state index contributed by atoms with van der Waals surface area (Å²) >= 11 is 6.24. The Morgan fingerprint density at radius 3 is 2.71 bits per heavy atom. The van der Waals surface area contributed by atoms with Gasteiger partial charge in [-0.3, -0.25) is 4.79 Å². The van der Waals surface area contributed by atoms with E-state index in [-0.39, 0.29) is 35.9 Å². The number of carbonyl (C=O) groups is 1. The molecule has 34 heavy (non-hydrogen) atoms. The first kappa shape index (κ1) is 21.9. The number of benzene rings is 2. The Morgan fingerprint density at radius 2 is 1.94 bits per heavy atom. The molecule has 2 aliphatic rings. The van der Waals surface area contributed by atoms with E-state index in [9.17, 15) is 9.59 Å². The molecule has 8 nitrogen and oxygen atoms in total. The molecule has 0 radical (unpaired) electrons. The summed E-state index contributed by atoms with van der Waals surface area (Å²) in [6.45, 7) is 2.26. The van der Waals surface area contributed by atoms with E-state index in [0.29, 0.717) is 33.5 Å². The number of hydrogen-bond acceptors (Lipinski definition) is 7. The average molecular weight is 481 g/mol. The van der Waals surface area contributed by atoms with Gasteiger partial charge in [0.1, 0.15) is 11.3 Å². The van der Waals surface area contributed by atoms with E-state index in [2.05, 4.69) is 0 Å². The van der Waals surface area contributed by atoms with E-state index in [0.717, 1.165) is 5.56 Å². The summed E-state index contributed by atoms with van der Waals surface area (Å²) in [5, 5.41) is 0.459. The Balaban J connectivity index is 1.67. The summed E-state index contributed by atoms with van der Waals surface area (Å²) in [7, 11) is 1.25. The first-order valence-electron chi connectivity index (χ1n) is 10.5. The number of fused-ring (bicyclic) bond motifs is 2. The first-order valence-corrected chi connectivity index (χ1v) is 10.9. The molecule has 0 spiro atoms. The van der Waals surface area contributed by atoms with Gasteiger partial charge in [0.25, 0.3) is 5.56 Å². The maximum Gasteiger partial charge on any atom is 0.340 e. The summed E-state index contributed by atoms with van der Waals surface area (Å²) in [5.74, 6) is -0.0290. The minimum absolute atomic E-state index is 0.0489. The van der Waals surface area contributed by atoms with Crippen LogP contribution < -0.4 is 25.5 Å². The van der Waals surface area contributed by atoms with Crippen LogP contribution in [0.1, 0.15) is 28.3 Å². The normalized spacial score (nSPS) is 16.1. The SMILES string of the molecule is COC(=O)C1=C(N)Oc2cc(C)n(Cc3ccc4c(c3)OCO4)c(=O)c2[C@H]1c1cccc(Cl)c1. The molecule has 0 amide bonds. The van der Waals surface area contributed by atoms with Crippen LogP contribution in [0.2, 0.25) is 5.02 Å². The van der Waals surface area contributed by atoms with E-state index >= 15 is 0 Å².